The number of aliphatic hydroxyl groups is 1. The number of β-amino-alcohol motifs (C(OH)–C–C–N with tert-alkyl or cyclic N) is 1. The molecule has 2 N–H and O–H groups in total. The van der Waals surface area contributed by atoms with Gasteiger partial charge in [0.05, 0.1) is 28.5 Å². The highest BCUT2D eigenvalue weighted by Crippen LogP contribution is 2.32. The van der Waals surface area contributed by atoms with Gasteiger partial charge in [-0.25, -0.2) is 4.98 Å². The van der Waals surface area contributed by atoms with Crippen LogP contribution in [0.15, 0.2) is 72.9 Å². The second-order valence-electron chi connectivity index (χ2n) is 8.76. The maximum Gasteiger partial charge on any atom is 0.124 e. The first-order chi connectivity index (χ1) is 17.2. The number of rotatable bonds is 7. The van der Waals surface area contributed by atoms with Crippen LogP contribution >= 0.6 is 11.3 Å². The van der Waals surface area contributed by atoms with Crippen molar-refractivity contribution >= 4 is 38.1 Å². The van der Waals surface area contributed by atoms with E-state index in [2.05, 4.69) is 56.9 Å². The van der Waals surface area contributed by atoms with Crippen molar-refractivity contribution in [2.75, 3.05) is 37.7 Å². The van der Waals surface area contributed by atoms with Gasteiger partial charge in [0.2, 0.25) is 0 Å². The Kier molecular flexibility index (Phi) is 6.08. The zero-order valence-corrected chi connectivity index (χ0v) is 20.0. The summed E-state index contributed by atoms with van der Waals surface area (Å²) >= 11 is 1.67. The Morgan fingerprint density at radius 1 is 1.06 bits per heavy atom. The lowest BCUT2D eigenvalue weighted by Gasteiger charge is -2.36. The number of aromatic nitrogens is 3. The van der Waals surface area contributed by atoms with Crippen LogP contribution in [0.1, 0.15) is 0 Å². The predicted octanol–water partition coefficient (Wildman–Crippen LogP) is 4.56. The van der Waals surface area contributed by atoms with Crippen LogP contribution in [0.3, 0.4) is 0 Å². The van der Waals surface area contributed by atoms with E-state index in [1.807, 2.05) is 42.6 Å². The van der Waals surface area contributed by atoms with Gasteiger partial charge in [-0.3, -0.25) is 10.00 Å². The fourth-order valence-electron chi connectivity index (χ4n) is 4.40. The van der Waals surface area contributed by atoms with Gasteiger partial charge in [0.1, 0.15) is 23.5 Å². The van der Waals surface area contributed by atoms with Gasteiger partial charge in [-0.05, 0) is 30.3 Å². The number of aromatic amines is 1. The molecular weight excluding hydrogens is 458 g/mol. The van der Waals surface area contributed by atoms with Crippen molar-refractivity contribution in [1.82, 2.24) is 20.1 Å². The number of benzene rings is 3. The highest BCUT2D eigenvalue weighted by atomic mass is 32.1. The lowest BCUT2D eigenvalue weighted by molar-refractivity contribution is 0.0690. The minimum absolute atomic E-state index is 0.249. The molecule has 0 aliphatic carbocycles. The van der Waals surface area contributed by atoms with Crippen molar-refractivity contribution in [3.05, 3.63) is 79.5 Å². The molecule has 3 heterocycles. The van der Waals surface area contributed by atoms with E-state index >= 15 is 0 Å². The molecule has 1 aliphatic heterocycles. The van der Waals surface area contributed by atoms with Gasteiger partial charge in [-0.1, -0.05) is 30.3 Å². The van der Waals surface area contributed by atoms with Crippen molar-refractivity contribution < 1.29 is 9.84 Å². The number of hydrogen-bond acceptors (Lipinski definition) is 7. The van der Waals surface area contributed by atoms with Gasteiger partial charge in [-0.2, -0.15) is 5.10 Å². The highest BCUT2D eigenvalue weighted by molar-refractivity contribution is 7.21. The Labute approximate surface area is 207 Å². The zero-order chi connectivity index (χ0) is 23.6. The van der Waals surface area contributed by atoms with Gasteiger partial charge in [-0.15, -0.1) is 11.3 Å². The Balaban J connectivity index is 1.01. The van der Waals surface area contributed by atoms with Gasteiger partial charge >= 0.3 is 0 Å². The summed E-state index contributed by atoms with van der Waals surface area (Å²) in [5, 5.41) is 19.8. The topological polar surface area (TPSA) is 77.5 Å². The maximum atomic E-state index is 10.6. The van der Waals surface area contributed by atoms with Crippen molar-refractivity contribution in [3.8, 4) is 16.3 Å². The second kappa shape index (κ2) is 9.65. The van der Waals surface area contributed by atoms with Crippen LogP contribution in [0.5, 0.6) is 5.75 Å². The van der Waals surface area contributed by atoms with E-state index in [1.165, 1.54) is 0 Å². The van der Waals surface area contributed by atoms with E-state index in [9.17, 15) is 5.11 Å². The number of thiazole rings is 1. The number of anilines is 1. The number of piperazine rings is 1. The largest absolute Gasteiger partial charge is 0.491 e. The third-order valence-electron chi connectivity index (χ3n) is 6.26. The third-order valence-corrected chi connectivity index (χ3v) is 7.35. The van der Waals surface area contributed by atoms with Crippen LogP contribution in [0.4, 0.5) is 5.69 Å². The summed E-state index contributed by atoms with van der Waals surface area (Å²) in [6.45, 7) is 5.54. The number of aliphatic hydroxyl groups excluding tert-OH is 1. The van der Waals surface area contributed by atoms with E-state index in [0.29, 0.717) is 6.54 Å². The number of nitrogens with zero attached hydrogens (tertiary/aromatic N) is 4. The molecule has 8 heteroatoms. The summed E-state index contributed by atoms with van der Waals surface area (Å²) < 4.78 is 7.04. The first-order valence-corrected chi connectivity index (χ1v) is 12.6. The van der Waals surface area contributed by atoms with Gasteiger partial charge in [0, 0.05) is 48.9 Å². The summed E-state index contributed by atoms with van der Waals surface area (Å²) in [7, 11) is 0. The highest BCUT2D eigenvalue weighted by Gasteiger charge is 2.20. The molecule has 177 valence electrons. The average Bonchev–Trinajstić information content (AvgIpc) is 3.55. The molecule has 5 aromatic rings. The van der Waals surface area contributed by atoms with Crippen LogP contribution in [-0.4, -0.2) is 64.1 Å². The van der Waals surface area contributed by atoms with E-state index in [-0.39, 0.29) is 6.61 Å². The van der Waals surface area contributed by atoms with Gasteiger partial charge in [0.25, 0.3) is 0 Å². The van der Waals surface area contributed by atoms with E-state index in [0.717, 1.165) is 62.8 Å². The molecule has 0 spiro atoms. The van der Waals surface area contributed by atoms with Crippen molar-refractivity contribution in [1.29, 1.82) is 0 Å². The monoisotopic (exact) mass is 484 g/mol. The lowest BCUT2D eigenvalue weighted by Crippen LogP contribution is -2.46. The van der Waals surface area contributed by atoms with Crippen molar-refractivity contribution in [2.24, 2.45) is 0 Å². The Morgan fingerprint density at radius 2 is 1.97 bits per heavy atom. The normalized spacial score (nSPS) is 15.6. The molecule has 0 amide bonds. The average molecular weight is 485 g/mol. The molecule has 0 bridgehead atoms. The minimum atomic E-state index is -0.566. The third kappa shape index (κ3) is 4.86. The molecule has 1 unspecified atom stereocenters. The number of ether oxygens (including phenoxy) is 1. The number of fused-ring (bicyclic) bond motifs is 2. The molecule has 3 aromatic carbocycles. The quantitative estimate of drug-likeness (QED) is 0.353. The molecule has 7 nitrogen and oxygen atoms in total. The SMILES string of the molecule is OC(COc1ccc2sc(-c3ccccc3)nc2c1)CN1C[CH]N(c2ccc3[nH]ncc3c2)CC1. The van der Waals surface area contributed by atoms with Crippen molar-refractivity contribution in [2.45, 2.75) is 6.10 Å². The van der Waals surface area contributed by atoms with Gasteiger partial charge in [0.15, 0.2) is 0 Å². The fraction of sp³-hybridized carbons (Fsp3) is 0.222. The van der Waals surface area contributed by atoms with Crippen molar-refractivity contribution in [3.63, 3.8) is 0 Å². The lowest BCUT2D eigenvalue weighted by atomic mass is 10.2. The first-order valence-electron chi connectivity index (χ1n) is 11.7. The molecule has 35 heavy (non-hydrogen) atoms. The molecule has 1 radical (unpaired) electrons. The molecule has 1 aliphatic rings. The van der Waals surface area contributed by atoms with Crippen LogP contribution in [-0.2, 0) is 0 Å². The maximum absolute atomic E-state index is 10.6. The number of H-pyrrole nitrogens is 1. The predicted molar refractivity (Wildman–Crippen MR) is 141 cm³/mol. The summed E-state index contributed by atoms with van der Waals surface area (Å²) in [6.07, 6.45) is 1.28. The Morgan fingerprint density at radius 3 is 2.83 bits per heavy atom. The molecule has 0 saturated carbocycles. The summed E-state index contributed by atoms with van der Waals surface area (Å²) in [5.74, 6) is 0.729. The van der Waals surface area contributed by atoms with E-state index in [1.54, 1.807) is 11.3 Å². The molecule has 1 saturated heterocycles. The van der Waals surface area contributed by atoms with E-state index in [4.69, 9.17) is 9.72 Å². The molecule has 1 atom stereocenters. The number of nitrogens with one attached hydrogen (secondary N) is 1. The molecular formula is C27H26N5O2S. The zero-order valence-electron chi connectivity index (χ0n) is 19.2. The Hall–Kier alpha value is -3.46. The second-order valence-corrected chi connectivity index (χ2v) is 9.79. The van der Waals surface area contributed by atoms with Crippen LogP contribution < -0.4 is 9.64 Å². The first kappa shape index (κ1) is 22.0. The van der Waals surface area contributed by atoms with Crippen LogP contribution in [0.2, 0.25) is 0 Å². The molecule has 1 fully saturated rings. The number of hydrogen-bond donors (Lipinski definition) is 2. The van der Waals surface area contributed by atoms with Crippen LogP contribution in [0.25, 0.3) is 31.7 Å². The molecule has 2 aromatic heterocycles. The van der Waals surface area contributed by atoms with E-state index < -0.39 is 6.10 Å². The smallest absolute Gasteiger partial charge is 0.124 e. The summed E-state index contributed by atoms with van der Waals surface area (Å²) in [4.78, 5) is 9.27. The summed E-state index contributed by atoms with van der Waals surface area (Å²) in [6, 6.07) is 22.5. The standard InChI is InChI=1S/C27H26N5O2S/c33-22(17-31-10-12-32(13-11-31)21-6-8-24-20(14-21)16-28-30-24)18-34-23-7-9-26-25(15-23)29-27(35-26)19-4-2-1-3-5-19/h1-9,12,14-16,22,33H,10-11,13,17-18H2,(H,28,30). The minimum Gasteiger partial charge on any atom is -0.491 e. The van der Waals surface area contributed by atoms with Gasteiger partial charge < -0.3 is 14.7 Å². The fourth-order valence-corrected chi connectivity index (χ4v) is 5.35. The molecule has 6 rings (SSSR count). The summed E-state index contributed by atoms with van der Waals surface area (Å²) in [5.41, 5.74) is 4.24. The Bertz CT molecular complexity index is 1430. The van der Waals surface area contributed by atoms with Crippen LogP contribution in [0, 0.1) is 6.54 Å².